The molecule has 0 aliphatic carbocycles. The first-order valence-corrected chi connectivity index (χ1v) is 7.89. The third kappa shape index (κ3) is 2.36. The summed E-state index contributed by atoms with van der Waals surface area (Å²) < 4.78 is 8.83. The highest BCUT2D eigenvalue weighted by Crippen LogP contribution is 2.38. The first kappa shape index (κ1) is 13.0. The van der Waals surface area contributed by atoms with Crippen LogP contribution in [0, 0.1) is 5.92 Å². The predicted octanol–water partition coefficient (Wildman–Crippen LogP) is 3.31. The Hall–Kier alpha value is -1.74. The summed E-state index contributed by atoms with van der Waals surface area (Å²) in [5.41, 5.74) is 2.62. The molecule has 1 aromatic carbocycles. The molecule has 1 saturated heterocycles. The topological polar surface area (TPSA) is 17.4 Å². The third-order valence-electron chi connectivity index (χ3n) is 4.91. The summed E-state index contributed by atoms with van der Waals surface area (Å²) >= 11 is 0. The number of hydrogen-bond donors (Lipinski definition) is 0. The van der Waals surface area contributed by atoms with Crippen LogP contribution in [0.2, 0.25) is 0 Å². The zero-order chi connectivity index (χ0) is 14.2. The highest BCUT2D eigenvalue weighted by molar-refractivity contribution is 5.36. The molecule has 3 nitrogen and oxygen atoms in total. The molecule has 4 rings (SSSR count). The molecule has 1 aromatic heterocycles. The van der Waals surface area contributed by atoms with Crippen LogP contribution in [0.5, 0.6) is 5.75 Å². The summed E-state index contributed by atoms with van der Waals surface area (Å²) in [5, 5.41) is 0. The molecule has 0 spiro atoms. The Morgan fingerprint density at radius 3 is 2.71 bits per heavy atom. The Kier molecular flexibility index (Phi) is 3.23. The van der Waals surface area contributed by atoms with Crippen LogP contribution < -0.4 is 4.74 Å². The van der Waals surface area contributed by atoms with E-state index in [-0.39, 0.29) is 6.10 Å². The molecule has 0 saturated carbocycles. The molecule has 1 atom stereocenters. The van der Waals surface area contributed by atoms with E-state index in [9.17, 15) is 0 Å². The smallest absolute Gasteiger partial charge is 0.141 e. The summed E-state index contributed by atoms with van der Waals surface area (Å²) in [7, 11) is 2.21. The Bertz CT molecular complexity index is 626. The maximum Gasteiger partial charge on any atom is 0.141 e. The molecule has 1 unspecified atom stereocenters. The zero-order valence-electron chi connectivity index (χ0n) is 12.5. The SMILES string of the molecule is CN1CCC(C2Oc3ccccc3Cn3cccc32)CC1. The number of hydrogen-bond acceptors (Lipinski definition) is 2. The van der Waals surface area contributed by atoms with E-state index in [4.69, 9.17) is 4.74 Å². The minimum Gasteiger partial charge on any atom is -0.484 e. The van der Waals surface area contributed by atoms with Crippen molar-refractivity contribution in [3.05, 3.63) is 53.9 Å². The van der Waals surface area contributed by atoms with E-state index in [1.807, 2.05) is 0 Å². The average Bonchev–Trinajstić information content (AvgIpc) is 2.89. The van der Waals surface area contributed by atoms with E-state index >= 15 is 0 Å². The van der Waals surface area contributed by atoms with Crippen molar-refractivity contribution in [2.75, 3.05) is 20.1 Å². The monoisotopic (exact) mass is 282 g/mol. The number of benzene rings is 1. The Morgan fingerprint density at radius 1 is 1.05 bits per heavy atom. The highest BCUT2D eigenvalue weighted by atomic mass is 16.5. The lowest BCUT2D eigenvalue weighted by Gasteiger charge is -2.34. The summed E-state index contributed by atoms with van der Waals surface area (Å²) in [6.45, 7) is 3.27. The summed E-state index contributed by atoms with van der Waals surface area (Å²) in [6, 6.07) is 12.8. The number of aromatic nitrogens is 1. The van der Waals surface area contributed by atoms with Gasteiger partial charge in [0.15, 0.2) is 0 Å². The summed E-state index contributed by atoms with van der Waals surface area (Å²) in [4.78, 5) is 2.42. The molecule has 0 N–H and O–H groups in total. The van der Waals surface area contributed by atoms with Crippen molar-refractivity contribution in [1.82, 2.24) is 9.47 Å². The van der Waals surface area contributed by atoms with Gasteiger partial charge in [-0.05, 0) is 51.2 Å². The molecule has 0 radical (unpaired) electrons. The quantitative estimate of drug-likeness (QED) is 0.798. The van der Waals surface area contributed by atoms with E-state index in [1.165, 1.54) is 37.2 Å². The van der Waals surface area contributed by atoms with Crippen LogP contribution in [0.25, 0.3) is 0 Å². The largest absolute Gasteiger partial charge is 0.484 e. The second-order valence-corrected chi connectivity index (χ2v) is 6.35. The van der Waals surface area contributed by atoms with Crippen LogP contribution in [0.3, 0.4) is 0 Å². The third-order valence-corrected chi connectivity index (χ3v) is 4.91. The van der Waals surface area contributed by atoms with Gasteiger partial charge in [0.1, 0.15) is 11.9 Å². The number of likely N-dealkylation sites (tertiary alicyclic amines) is 1. The second kappa shape index (κ2) is 5.23. The molecule has 1 fully saturated rings. The van der Waals surface area contributed by atoms with Gasteiger partial charge in [0.25, 0.3) is 0 Å². The Labute approximate surface area is 126 Å². The van der Waals surface area contributed by atoms with Gasteiger partial charge in [0, 0.05) is 17.7 Å². The minimum absolute atomic E-state index is 0.192. The van der Waals surface area contributed by atoms with E-state index in [0.717, 1.165) is 12.3 Å². The molecule has 110 valence electrons. The van der Waals surface area contributed by atoms with Crippen LogP contribution >= 0.6 is 0 Å². The minimum atomic E-state index is 0.192. The first-order valence-electron chi connectivity index (χ1n) is 7.89. The maximum absolute atomic E-state index is 6.48. The van der Waals surface area contributed by atoms with Gasteiger partial charge >= 0.3 is 0 Å². The molecule has 3 heterocycles. The van der Waals surface area contributed by atoms with Gasteiger partial charge < -0.3 is 14.2 Å². The number of piperidine rings is 1. The summed E-state index contributed by atoms with van der Waals surface area (Å²) in [5.74, 6) is 1.67. The van der Waals surface area contributed by atoms with Crippen molar-refractivity contribution >= 4 is 0 Å². The van der Waals surface area contributed by atoms with Gasteiger partial charge in [0.05, 0.1) is 12.2 Å². The second-order valence-electron chi connectivity index (χ2n) is 6.35. The fraction of sp³-hybridized carbons (Fsp3) is 0.444. The Morgan fingerprint density at radius 2 is 1.86 bits per heavy atom. The lowest BCUT2D eigenvalue weighted by atomic mass is 9.89. The van der Waals surface area contributed by atoms with Crippen molar-refractivity contribution in [3.63, 3.8) is 0 Å². The van der Waals surface area contributed by atoms with Gasteiger partial charge in [-0.1, -0.05) is 18.2 Å². The van der Waals surface area contributed by atoms with Crippen molar-refractivity contribution in [2.45, 2.75) is 25.5 Å². The van der Waals surface area contributed by atoms with Crippen LogP contribution in [-0.2, 0) is 6.54 Å². The van der Waals surface area contributed by atoms with Crippen molar-refractivity contribution < 1.29 is 4.74 Å². The maximum atomic E-state index is 6.48. The lowest BCUT2D eigenvalue weighted by molar-refractivity contribution is 0.0823. The zero-order valence-corrected chi connectivity index (χ0v) is 12.5. The molecule has 2 aliphatic rings. The fourth-order valence-electron chi connectivity index (χ4n) is 3.63. The van der Waals surface area contributed by atoms with E-state index < -0.39 is 0 Å². The number of nitrogens with zero attached hydrogens (tertiary/aromatic N) is 2. The average molecular weight is 282 g/mol. The molecular formula is C18H22N2O. The fourth-order valence-corrected chi connectivity index (χ4v) is 3.63. The molecule has 2 aromatic rings. The van der Waals surface area contributed by atoms with E-state index in [0.29, 0.717) is 5.92 Å². The van der Waals surface area contributed by atoms with Crippen LogP contribution in [0.4, 0.5) is 0 Å². The molecule has 0 amide bonds. The van der Waals surface area contributed by atoms with Crippen molar-refractivity contribution in [1.29, 1.82) is 0 Å². The highest BCUT2D eigenvalue weighted by Gasteiger charge is 2.32. The lowest BCUT2D eigenvalue weighted by Crippen LogP contribution is -2.34. The van der Waals surface area contributed by atoms with Crippen LogP contribution in [0.1, 0.15) is 30.2 Å². The number of fused-ring (bicyclic) bond motifs is 2. The molecule has 0 bridgehead atoms. The molecule has 2 aliphatic heterocycles. The van der Waals surface area contributed by atoms with Crippen LogP contribution in [-0.4, -0.2) is 29.6 Å². The number of rotatable bonds is 1. The molecule has 3 heteroatoms. The molecule has 21 heavy (non-hydrogen) atoms. The summed E-state index contributed by atoms with van der Waals surface area (Å²) in [6.07, 6.45) is 4.81. The van der Waals surface area contributed by atoms with E-state index in [2.05, 4.69) is 59.1 Å². The van der Waals surface area contributed by atoms with Crippen LogP contribution in [0.15, 0.2) is 42.6 Å². The van der Waals surface area contributed by atoms with Gasteiger partial charge in [-0.15, -0.1) is 0 Å². The predicted molar refractivity (Wildman–Crippen MR) is 83.6 cm³/mol. The normalized spacial score (nSPS) is 23.0. The number of ether oxygens (including phenoxy) is 1. The van der Waals surface area contributed by atoms with Gasteiger partial charge in [-0.3, -0.25) is 0 Å². The standard InChI is InChI=1S/C18H22N2O/c1-19-11-8-14(9-12-19)18-16-6-4-10-20(16)13-15-5-2-3-7-17(15)21-18/h2-7,10,14,18H,8-9,11-13H2,1H3. The first-order chi connectivity index (χ1) is 10.3. The van der Waals surface area contributed by atoms with Crippen molar-refractivity contribution in [2.24, 2.45) is 5.92 Å². The van der Waals surface area contributed by atoms with Crippen molar-refractivity contribution in [3.8, 4) is 5.75 Å². The van der Waals surface area contributed by atoms with Gasteiger partial charge in [-0.25, -0.2) is 0 Å². The van der Waals surface area contributed by atoms with E-state index in [1.54, 1.807) is 0 Å². The number of para-hydroxylation sites is 1. The van der Waals surface area contributed by atoms with Gasteiger partial charge in [0.2, 0.25) is 0 Å². The van der Waals surface area contributed by atoms with Gasteiger partial charge in [-0.2, -0.15) is 0 Å². The molecular weight excluding hydrogens is 260 g/mol. The Balaban J connectivity index is 1.70.